The first-order chi connectivity index (χ1) is 14.7. The summed E-state index contributed by atoms with van der Waals surface area (Å²) in [5.41, 5.74) is 0. The number of rotatable bonds is 11. The van der Waals surface area contributed by atoms with Crippen LogP contribution < -0.4 is 20.1 Å². The highest BCUT2D eigenvalue weighted by Crippen LogP contribution is 2.16. The highest BCUT2D eigenvalue weighted by Gasteiger charge is 2.11. The van der Waals surface area contributed by atoms with E-state index in [9.17, 15) is 32.3 Å². The second-order valence-corrected chi connectivity index (χ2v) is 6.33. The van der Waals surface area contributed by atoms with Gasteiger partial charge in [0.05, 0.1) is 6.10 Å². The van der Waals surface area contributed by atoms with Gasteiger partial charge >= 0.3 is 0 Å². The summed E-state index contributed by atoms with van der Waals surface area (Å²) >= 11 is 0. The molecule has 0 bridgehead atoms. The van der Waals surface area contributed by atoms with E-state index in [1.807, 2.05) is 0 Å². The SMILES string of the molecule is O=C(COc1ccc(F)c(F)c1)NCC[C@H](O)CNC(=O)COc1ccc(F)c(F)c1. The monoisotopic (exact) mass is 444 g/mol. The van der Waals surface area contributed by atoms with Gasteiger partial charge < -0.3 is 25.2 Å². The van der Waals surface area contributed by atoms with Crippen LogP contribution in [0.15, 0.2) is 36.4 Å². The van der Waals surface area contributed by atoms with Crippen molar-refractivity contribution < 1.29 is 41.7 Å². The zero-order chi connectivity index (χ0) is 22.8. The Morgan fingerprint density at radius 2 is 1.29 bits per heavy atom. The molecule has 1 atom stereocenters. The number of aliphatic hydroxyl groups excluding tert-OH is 1. The third-order valence-electron chi connectivity index (χ3n) is 3.86. The molecule has 0 spiro atoms. The van der Waals surface area contributed by atoms with Crippen LogP contribution in [0.25, 0.3) is 0 Å². The Hall–Kier alpha value is -3.34. The summed E-state index contributed by atoms with van der Waals surface area (Å²) in [7, 11) is 0. The normalized spacial score (nSPS) is 11.5. The number of carbonyl (C=O) groups is 2. The summed E-state index contributed by atoms with van der Waals surface area (Å²) in [4.78, 5) is 23.3. The highest BCUT2D eigenvalue weighted by molar-refractivity contribution is 5.78. The van der Waals surface area contributed by atoms with Gasteiger partial charge in [-0.05, 0) is 30.7 Å². The Morgan fingerprint density at radius 3 is 1.77 bits per heavy atom. The molecule has 11 heteroatoms. The first kappa shape index (κ1) is 23.9. The minimum atomic E-state index is -1.11. The molecule has 0 unspecified atom stereocenters. The lowest BCUT2D eigenvalue weighted by Crippen LogP contribution is -2.37. The van der Waals surface area contributed by atoms with E-state index in [0.29, 0.717) is 0 Å². The van der Waals surface area contributed by atoms with Crippen molar-refractivity contribution in [2.75, 3.05) is 26.3 Å². The summed E-state index contributed by atoms with van der Waals surface area (Å²) in [6.45, 7) is -0.946. The third kappa shape index (κ3) is 8.51. The van der Waals surface area contributed by atoms with Gasteiger partial charge in [0.15, 0.2) is 36.5 Å². The van der Waals surface area contributed by atoms with Crippen molar-refractivity contribution in [2.45, 2.75) is 12.5 Å². The molecule has 0 fully saturated rings. The average Bonchev–Trinajstić information content (AvgIpc) is 2.74. The van der Waals surface area contributed by atoms with Crippen molar-refractivity contribution in [3.05, 3.63) is 59.7 Å². The van der Waals surface area contributed by atoms with E-state index in [2.05, 4.69) is 10.6 Å². The topological polar surface area (TPSA) is 96.9 Å². The maximum Gasteiger partial charge on any atom is 0.258 e. The van der Waals surface area contributed by atoms with E-state index in [0.717, 1.165) is 24.3 Å². The van der Waals surface area contributed by atoms with Crippen LogP contribution in [-0.4, -0.2) is 49.3 Å². The molecule has 0 aliphatic rings. The van der Waals surface area contributed by atoms with E-state index in [-0.39, 0.29) is 31.0 Å². The summed E-state index contributed by atoms with van der Waals surface area (Å²) < 4.78 is 61.7. The second-order valence-electron chi connectivity index (χ2n) is 6.33. The Balaban J connectivity index is 1.57. The zero-order valence-corrected chi connectivity index (χ0v) is 16.2. The summed E-state index contributed by atoms with van der Waals surface area (Å²) in [6, 6.07) is 5.69. The molecule has 0 heterocycles. The predicted molar refractivity (Wildman–Crippen MR) is 100 cm³/mol. The van der Waals surface area contributed by atoms with Crippen LogP contribution in [0.3, 0.4) is 0 Å². The van der Waals surface area contributed by atoms with Crippen LogP contribution >= 0.6 is 0 Å². The van der Waals surface area contributed by atoms with E-state index < -0.39 is 54.4 Å². The number of ether oxygens (including phenoxy) is 2. The quantitative estimate of drug-likeness (QED) is 0.459. The van der Waals surface area contributed by atoms with Gasteiger partial charge in [-0.2, -0.15) is 0 Å². The first-order valence-electron chi connectivity index (χ1n) is 9.11. The second kappa shape index (κ2) is 11.7. The van der Waals surface area contributed by atoms with E-state index in [1.54, 1.807) is 0 Å². The van der Waals surface area contributed by atoms with Gasteiger partial charge in [0.2, 0.25) is 0 Å². The Morgan fingerprint density at radius 1 is 0.806 bits per heavy atom. The number of carbonyl (C=O) groups excluding carboxylic acids is 2. The number of benzene rings is 2. The number of hydrogen-bond acceptors (Lipinski definition) is 5. The fourth-order valence-corrected chi connectivity index (χ4v) is 2.25. The van der Waals surface area contributed by atoms with Crippen LogP contribution in [0.4, 0.5) is 17.6 Å². The maximum atomic E-state index is 13.0. The molecule has 2 aromatic carbocycles. The molecular weight excluding hydrogens is 424 g/mol. The maximum absolute atomic E-state index is 13.0. The summed E-state index contributed by atoms with van der Waals surface area (Å²) in [6.07, 6.45) is -0.860. The molecule has 0 radical (unpaired) electrons. The smallest absolute Gasteiger partial charge is 0.258 e. The molecule has 0 aliphatic carbocycles. The van der Waals surface area contributed by atoms with E-state index in [1.165, 1.54) is 12.1 Å². The van der Waals surface area contributed by atoms with Gasteiger partial charge in [-0.15, -0.1) is 0 Å². The molecule has 3 N–H and O–H groups in total. The molecule has 7 nitrogen and oxygen atoms in total. The fraction of sp³-hybridized carbons (Fsp3) is 0.300. The van der Waals surface area contributed by atoms with Crippen molar-refractivity contribution in [3.63, 3.8) is 0 Å². The molecule has 2 rings (SSSR count). The Kier molecular flexibility index (Phi) is 9.07. The third-order valence-corrected chi connectivity index (χ3v) is 3.86. The number of halogens is 4. The average molecular weight is 444 g/mol. The van der Waals surface area contributed by atoms with Crippen molar-refractivity contribution >= 4 is 11.8 Å². The van der Waals surface area contributed by atoms with Crippen LogP contribution in [0.5, 0.6) is 11.5 Å². The van der Waals surface area contributed by atoms with Gasteiger partial charge in [0, 0.05) is 25.2 Å². The molecule has 0 aliphatic heterocycles. The molecule has 2 amide bonds. The van der Waals surface area contributed by atoms with Gasteiger partial charge in [-0.1, -0.05) is 0 Å². The van der Waals surface area contributed by atoms with Crippen molar-refractivity contribution in [3.8, 4) is 11.5 Å². The standard InChI is InChI=1S/C20H20F4N2O5/c21-15-3-1-13(7-17(15)23)30-10-19(28)25-6-5-12(27)9-26-20(29)11-31-14-2-4-16(22)18(24)8-14/h1-4,7-8,12,27H,5-6,9-11H2,(H,25,28)(H,26,29)/t12-/m0/s1. The van der Waals surface area contributed by atoms with Crippen molar-refractivity contribution in [2.24, 2.45) is 0 Å². The molecule has 0 saturated heterocycles. The largest absolute Gasteiger partial charge is 0.484 e. The van der Waals surface area contributed by atoms with E-state index >= 15 is 0 Å². The molecule has 168 valence electrons. The molecule has 31 heavy (non-hydrogen) atoms. The number of amides is 2. The number of hydrogen-bond donors (Lipinski definition) is 3. The fourth-order valence-electron chi connectivity index (χ4n) is 2.25. The molecular formula is C20H20F4N2O5. The lowest BCUT2D eigenvalue weighted by molar-refractivity contribution is -0.124. The Bertz CT molecular complexity index is 913. The van der Waals surface area contributed by atoms with Crippen LogP contribution in [-0.2, 0) is 9.59 Å². The molecule has 0 saturated carbocycles. The number of nitrogens with one attached hydrogen (secondary N) is 2. The van der Waals surface area contributed by atoms with Crippen LogP contribution in [0.2, 0.25) is 0 Å². The van der Waals surface area contributed by atoms with Gasteiger partial charge in [0.25, 0.3) is 11.8 Å². The number of aliphatic hydroxyl groups is 1. The van der Waals surface area contributed by atoms with Crippen molar-refractivity contribution in [1.29, 1.82) is 0 Å². The predicted octanol–water partition coefficient (Wildman–Crippen LogP) is 1.68. The molecule has 2 aromatic rings. The summed E-state index contributed by atoms with van der Waals surface area (Å²) in [5, 5.41) is 14.7. The highest BCUT2D eigenvalue weighted by atomic mass is 19.2. The lowest BCUT2D eigenvalue weighted by Gasteiger charge is -2.13. The first-order valence-corrected chi connectivity index (χ1v) is 9.11. The minimum absolute atomic E-state index is 0.0117. The summed E-state index contributed by atoms with van der Waals surface area (Å²) in [5.74, 6) is -5.44. The minimum Gasteiger partial charge on any atom is -0.484 e. The van der Waals surface area contributed by atoms with Gasteiger partial charge in [-0.3, -0.25) is 9.59 Å². The van der Waals surface area contributed by atoms with Crippen LogP contribution in [0, 0.1) is 23.3 Å². The van der Waals surface area contributed by atoms with E-state index in [4.69, 9.17) is 9.47 Å². The Labute approximate surface area is 175 Å². The van der Waals surface area contributed by atoms with Crippen molar-refractivity contribution in [1.82, 2.24) is 10.6 Å². The lowest BCUT2D eigenvalue weighted by atomic mass is 10.2. The van der Waals surface area contributed by atoms with Gasteiger partial charge in [-0.25, -0.2) is 17.6 Å². The zero-order valence-electron chi connectivity index (χ0n) is 16.2. The molecule has 0 aromatic heterocycles. The van der Waals surface area contributed by atoms with Gasteiger partial charge in [0.1, 0.15) is 11.5 Å². The van der Waals surface area contributed by atoms with Crippen LogP contribution in [0.1, 0.15) is 6.42 Å².